The summed E-state index contributed by atoms with van der Waals surface area (Å²) in [4.78, 5) is 11.8. The third-order valence-electron chi connectivity index (χ3n) is 3.19. The summed E-state index contributed by atoms with van der Waals surface area (Å²) >= 11 is 0. The van der Waals surface area contributed by atoms with Gasteiger partial charge in [0, 0.05) is 7.05 Å². The fourth-order valence-corrected chi connectivity index (χ4v) is 2.12. The van der Waals surface area contributed by atoms with Crippen molar-refractivity contribution in [3.05, 3.63) is 30.1 Å². The molecule has 0 aromatic carbocycles. The number of anilines is 1. The Hall–Kier alpha value is -2.85. The number of alkyl halides is 5. The number of halogens is 5. The van der Waals surface area contributed by atoms with E-state index < -0.39 is 18.3 Å². The topological polar surface area (TPSA) is 68.5 Å². The van der Waals surface area contributed by atoms with E-state index in [1.807, 2.05) is 0 Å². The van der Waals surface area contributed by atoms with E-state index in [1.165, 1.54) is 7.05 Å². The number of aromatic nitrogens is 5. The van der Waals surface area contributed by atoms with E-state index in [1.54, 1.807) is 0 Å². The van der Waals surface area contributed by atoms with Crippen molar-refractivity contribution >= 4 is 17.0 Å². The SMILES string of the molecule is CNc1nc(-c2cnc3c(cnn3C(F)F)n2)ccc1C(F)(F)F. The second kappa shape index (κ2) is 5.65. The minimum absolute atomic E-state index is 0.0838. The molecule has 0 bridgehead atoms. The highest BCUT2D eigenvalue weighted by Crippen LogP contribution is 2.35. The van der Waals surface area contributed by atoms with Gasteiger partial charge in [-0.05, 0) is 12.1 Å². The van der Waals surface area contributed by atoms with E-state index in [-0.39, 0.29) is 28.4 Å². The van der Waals surface area contributed by atoms with Crippen LogP contribution in [-0.4, -0.2) is 31.8 Å². The van der Waals surface area contributed by atoms with Crippen LogP contribution in [0.3, 0.4) is 0 Å². The monoisotopic (exact) mass is 344 g/mol. The Morgan fingerprint density at radius 2 is 1.83 bits per heavy atom. The molecule has 3 heterocycles. The van der Waals surface area contributed by atoms with Crippen LogP contribution in [0.2, 0.25) is 0 Å². The molecule has 0 atom stereocenters. The van der Waals surface area contributed by atoms with Crippen molar-refractivity contribution < 1.29 is 22.0 Å². The molecule has 0 aliphatic heterocycles. The van der Waals surface area contributed by atoms with Gasteiger partial charge in [-0.2, -0.15) is 31.7 Å². The predicted octanol–water partition coefficient (Wildman–Crippen LogP) is 3.34. The summed E-state index contributed by atoms with van der Waals surface area (Å²) in [7, 11) is 1.31. The van der Waals surface area contributed by atoms with Gasteiger partial charge in [0.15, 0.2) is 5.65 Å². The van der Waals surface area contributed by atoms with E-state index in [9.17, 15) is 22.0 Å². The van der Waals surface area contributed by atoms with Gasteiger partial charge in [-0.25, -0.2) is 15.0 Å². The highest BCUT2D eigenvalue weighted by Gasteiger charge is 2.34. The van der Waals surface area contributed by atoms with Crippen molar-refractivity contribution in [3.63, 3.8) is 0 Å². The number of hydrogen-bond acceptors (Lipinski definition) is 5. The molecule has 0 fully saturated rings. The van der Waals surface area contributed by atoms with E-state index in [0.29, 0.717) is 4.68 Å². The lowest BCUT2D eigenvalue weighted by Gasteiger charge is -2.12. The Labute approximate surface area is 131 Å². The molecule has 3 aromatic heterocycles. The fraction of sp³-hybridized carbons (Fsp3) is 0.231. The fourth-order valence-electron chi connectivity index (χ4n) is 2.12. The Morgan fingerprint density at radius 3 is 2.46 bits per heavy atom. The molecule has 0 unspecified atom stereocenters. The molecule has 126 valence electrons. The van der Waals surface area contributed by atoms with Gasteiger partial charge in [0.25, 0.3) is 0 Å². The average molecular weight is 344 g/mol. The van der Waals surface area contributed by atoms with Crippen molar-refractivity contribution in [2.24, 2.45) is 0 Å². The van der Waals surface area contributed by atoms with Crippen molar-refractivity contribution in [1.82, 2.24) is 24.7 Å². The van der Waals surface area contributed by atoms with Gasteiger partial charge >= 0.3 is 12.7 Å². The number of nitrogens with zero attached hydrogens (tertiary/aromatic N) is 5. The summed E-state index contributed by atoms with van der Waals surface area (Å²) in [6.45, 7) is -2.87. The van der Waals surface area contributed by atoms with Gasteiger partial charge in [-0.3, -0.25) is 0 Å². The summed E-state index contributed by atoms with van der Waals surface area (Å²) < 4.78 is 64.4. The van der Waals surface area contributed by atoms with Crippen LogP contribution >= 0.6 is 0 Å². The molecular weight excluding hydrogens is 335 g/mol. The molecule has 6 nitrogen and oxygen atoms in total. The van der Waals surface area contributed by atoms with Crippen LogP contribution in [0.4, 0.5) is 27.8 Å². The van der Waals surface area contributed by atoms with Gasteiger partial charge in [0.05, 0.1) is 23.7 Å². The van der Waals surface area contributed by atoms with E-state index in [4.69, 9.17) is 0 Å². The molecule has 0 spiro atoms. The zero-order chi connectivity index (χ0) is 17.5. The summed E-state index contributed by atoms with van der Waals surface area (Å²) in [5.41, 5.74) is -0.712. The van der Waals surface area contributed by atoms with Crippen LogP contribution in [0.25, 0.3) is 22.6 Å². The zero-order valence-corrected chi connectivity index (χ0v) is 12.0. The first-order valence-electron chi connectivity index (χ1n) is 6.56. The first kappa shape index (κ1) is 16.0. The van der Waals surface area contributed by atoms with Crippen molar-refractivity contribution in [3.8, 4) is 11.4 Å². The molecule has 0 radical (unpaired) electrons. The van der Waals surface area contributed by atoms with Crippen LogP contribution in [0.5, 0.6) is 0 Å². The lowest BCUT2D eigenvalue weighted by molar-refractivity contribution is -0.137. The third kappa shape index (κ3) is 2.72. The molecule has 1 N–H and O–H groups in total. The molecule has 0 amide bonds. The number of nitrogens with one attached hydrogen (secondary N) is 1. The van der Waals surface area contributed by atoms with Crippen LogP contribution < -0.4 is 5.32 Å². The second-order valence-electron chi connectivity index (χ2n) is 4.67. The minimum Gasteiger partial charge on any atom is -0.373 e. The van der Waals surface area contributed by atoms with Gasteiger partial charge in [0.1, 0.15) is 17.0 Å². The molecule has 0 saturated heterocycles. The first-order chi connectivity index (χ1) is 11.3. The highest BCUT2D eigenvalue weighted by atomic mass is 19.4. The van der Waals surface area contributed by atoms with E-state index >= 15 is 0 Å². The lowest BCUT2D eigenvalue weighted by Crippen LogP contribution is -2.11. The molecular formula is C13H9F5N6. The van der Waals surface area contributed by atoms with Crippen molar-refractivity contribution in [1.29, 1.82) is 0 Å². The molecule has 0 saturated carbocycles. The van der Waals surface area contributed by atoms with Gasteiger partial charge < -0.3 is 5.32 Å². The summed E-state index contributed by atoms with van der Waals surface area (Å²) in [5.74, 6) is -0.370. The van der Waals surface area contributed by atoms with Crippen LogP contribution in [0, 0.1) is 0 Å². The smallest absolute Gasteiger partial charge is 0.373 e. The first-order valence-corrected chi connectivity index (χ1v) is 6.56. The van der Waals surface area contributed by atoms with Crippen LogP contribution in [0.1, 0.15) is 12.1 Å². The second-order valence-corrected chi connectivity index (χ2v) is 4.67. The average Bonchev–Trinajstić information content (AvgIpc) is 2.96. The zero-order valence-electron chi connectivity index (χ0n) is 12.0. The summed E-state index contributed by atoms with van der Waals surface area (Å²) in [5, 5.41) is 5.84. The highest BCUT2D eigenvalue weighted by molar-refractivity contribution is 5.73. The van der Waals surface area contributed by atoms with Crippen LogP contribution in [0.15, 0.2) is 24.5 Å². The standard InChI is InChI=1S/C13H9F5N6/c1-19-10-6(13(16,17)18)2-3-7(23-10)8-4-20-11-9(22-8)5-21-24(11)12(14)15/h2-5,12H,1H3,(H,19,23). The summed E-state index contributed by atoms with van der Waals surface area (Å²) in [6, 6.07) is 2.00. The molecule has 0 aliphatic rings. The molecule has 0 aliphatic carbocycles. The number of hydrogen-bond donors (Lipinski definition) is 1. The van der Waals surface area contributed by atoms with Gasteiger partial charge in [-0.1, -0.05) is 0 Å². The summed E-state index contributed by atoms with van der Waals surface area (Å²) in [6.07, 6.45) is -2.31. The van der Waals surface area contributed by atoms with E-state index in [2.05, 4.69) is 25.4 Å². The maximum absolute atomic E-state index is 12.9. The minimum atomic E-state index is -4.56. The number of rotatable bonds is 3. The Kier molecular flexibility index (Phi) is 3.78. The molecule has 3 aromatic rings. The molecule has 24 heavy (non-hydrogen) atoms. The van der Waals surface area contributed by atoms with Crippen molar-refractivity contribution in [2.75, 3.05) is 12.4 Å². The third-order valence-corrected chi connectivity index (χ3v) is 3.19. The maximum Gasteiger partial charge on any atom is 0.419 e. The van der Waals surface area contributed by atoms with Gasteiger partial charge in [0.2, 0.25) is 0 Å². The Morgan fingerprint density at radius 1 is 1.08 bits per heavy atom. The van der Waals surface area contributed by atoms with E-state index in [0.717, 1.165) is 24.5 Å². The quantitative estimate of drug-likeness (QED) is 0.738. The molecule has 11 heteroatoms. The van der Waals surface area contributed by atoms with Crippen molar-refractivity contribution in [2.45, 2.75) is 12.7 Å². The normalized spacial score (nSPS) is 12.1. The predicted molar refractivity (Wildman–Crippen MR) is 74.4 cm³/mol. The Bertz CT molecular complexity index is 888. The lowest BCUT2D eigenvalue weighted by atomic mass is 10.2. The largest absolute Gasteiger partial charge is 0.419 e. The molecule has 3 rings (SSSR count). The van der Waals surface area contributed by atoms with Gasteiger partial charge in [-0.15, -0.1) is 0 Å². The number of fused-ring (bicyclic) bond motifs is 1. The van der Waals surface area contributed by atoms with Crippen LogP contribution in [-0.2, 0) is 6.18 Å². The maximum atomic E-state index is 12.9. The number of pyridine rings is 1. The Balaban J connectivity index is 2.07.